The van der Waals surface area contributed by atoms with E-state index in [0.29, 0.717) is 11.3 Å². The third-order valence-electron chi connectivity index (χ3n) is 4.39. The molecule has 7 heteroatoms. The minimum Gasteiger partial charge on any atom is -0.491 e. The lowest BCUT2D eigenvalue weighted by Crippen LogP contribution is -2.34. The van der Waals surface area contributed by atoms with E-state index in [9.17, 15) is 4.79 Å². The Morgan fingerprint density at radius 3 is 2.61 bits per heavy atom. The van der Waals surface area contributed by atoms with Crippen LogP contribution in [0.25, 0.3) is 20.8 Å². The first kappa shape index (κ1) is 21.0. The van der Waals surface area contributed by atoms with Crippen molar-refractivity contribution in [3.63, 3.8) is 0 Å². The number of para-hydroxylation sites is 2. The topological polar surface area (TPSA) is 63.2 Å². The van der Waals surface area contributed by atoms with E-state index in [4.69, 9.17) is 21.9 Å². The van der Waals surface area contributed by atoms with E-state index in [0.717, 1.165) is 26.5 Å². The molecule has 0 aliphatic rings. The minimum absolute atomic E-state index is 0.0278. The van der Waals surface area contributed by atoms with Gasteiger partial charge >= 0.3 is 0 Å². The van der Waals surface area contributed by atoms with Gasteiger partial charge in [-0.2, -0.15) is 0 Å². The Morgan fingerprint density at radius 1 is 1.03 bits per heavy atom. The number of hydrogen-bond donors (Lipinski definition) is 2. The summed E-state index contributed by atoms with van der Waals surface area (Å²) in [6.07, 6.45) is 0.0278. The van der Waals surface area contributed by atoms with Crippen molar-refractivity contribution in [1.82, 2.24) is 10.3 Å². The van der Waals surface area contributed by atoms with Crippen molar-refractivity contribution in [1.29, 1.82) is 0 Å². The predicted octanol–water partition coefficient (Wildman–Crippen LogP) is 5.88. The van der Waals surface area contributed by atoms with Crippen LogP contribution in [0.2, 0.25) is 0 Å². The summed E-state index contributed by atoms with van der Waals surface area (Å²) >= 11 is 7.01. The van der Waals surface area contributed by atoms with Crippen LogP contribution < -0.4 is 15.4 Å². The maximum atomic E-state index is 12.7. The zero-order valence-electron chi connectivity index (χ0n) is 17.1. The highest BCUT2D eigenvalue weighted by Crippen LogP contribution is 2.34. The third kappa shape index (κ3) is 5.07. The van der Waals surface area contributed by atoms with Gasteiger partial charge in [-0.05, 0) is 68.5 Å². The van der Waals surface area contributed by atoms with Crippen molar-refractivity contribution in [2.75, 3.05) is 5.32 Å². The average Bonchev–Trinajstić information content (AvgIpc) is 3.18. The molecular formula is C24H21N3O2S2. The summed E-state index contributed by atoms with van der Waals surface area (Å²) in [5, 5.41) is 6.98. The highest BCUT2D eigenvalue weighted by molar-refractivity contribution is 7.80. The fraction of sp³-hybridized carbons (Fsp3) is 0.125. The molecule has 0 bridgehead atoms. The molecule has 0 aliphatic heterocycles. The number of hydrogen-bond acceptors (Lipinski definition) is 5. The molecule has 1 aromatic heterocycles. The molecule has 1 heterocycles. The van der Waals surface area contributed by atoms with E-state index in [-0.39, 0.29) is 17.1 Å². The second-order valence-electron chi connectivity index (χ2n) is 7.14. The number of benzene rings is 3. The van der Waals surface area contributed by atoms with Crippen molar-refractivity contribution in [2.45, 2.75) is 20.0 Å². The first-order valence-electron chi connectivity index (χ1n) is 9.83. The fourth-order valence-corrected chi connectivity index (χ4v) is 4.29. The molecule has 4 rings (SSSR count). The average molecular weight is 448 g/mol. The van der Waals surface area contributed by atoms with Crippen LogP contribution >= 0.6 is 23.6 Å². The number of aromatic nitrogens is 1. The van der Waals surface area contributed by atoms with Gasteiger partial charge in [0, 0.05) is 11.1 Å². The quantitative estimate of drug-likeness (QED) is 0.374. The molecule has 0 spiro atoms. The molecule has 0 unspecified atom stereocenters. The summed E-state index contributed by atoms with van der Waals surface area (Å²) in [5.74, 6) is 0.340. The standard InChI is InChI=1S/C24H21N3O2S2/c1-15(2)29-17-9-7-8-16(14-17)22(28)27-24(30)26-19-11-4-3-10-18(19)23-25-20-12-5-6-13-21(20)31-23/h3-15H,1-2H3,(H2,26,27,28,30). The zero-order chi connectivity index (χ0) is 21.8. The molecule has 0 fully saturated rings. The number of carbonyl (C=O) groups excluding carboxylic acids is 1. The highest BCUT2D eigenvalue weighted by Gasteiger charge is 2.13. The Labute approximate surface area is 190 Å². The predicted molar refractivity (Wildman–Crippen MR) is 131 cm³/mol. The van der Waals surface area contributed by atoms with E-state index < -0.39 is 0 Å². The van der Waals surface area contributed by atoms with Crippen LogP contribution in [0, 0.1) is 0 Å². The first-order valence-corrected chi connectivity index (χ1v) is 11.1. The normalized spacial score (nSPS) is 10.8. The van der Waals surface area contributed by atoms with Crippen LogP contribution in [0.4, 0.5) is 5.69 Å². The molecule has 0 aliphatic carbocycles. The molecule has 3 aromatic carbocycles. The number of fused-ring (bicyclic) bond motifs is 1. The van der Waals surface area contributed by atoms with E-state index in [2.05, 4.69) is 16.7 Å². The van der Waals surface area contributed by atoms with Gasteiger partial charge in [-0.3, -0.25) is 10.1 Å². The van der Waals surface area contributed by atoms with Crippen molar-refractivity contribution in [3.05, 3.63) is 78.4 Å². The van der Waals surface area contributed by atoms with Crippen LogP contribution in [0.1, 0.15) is 24.2 Å². The van der Waals surface area contributed by atoms with E-state index >= 15 is 0 Å². The Balaban J connectivity index is 1.50. The lowest BCUT2D eigenvalue weighted by atomic mass is 10.2. The Morgan fingerprint density at radius 2 is 1.81 bits per heavy atom. The molecule has 5 nitrogen and oxygen atoms in total. The van der Waals surface area contributed by atoms with Gasteiger partial charge in [-0.1, -0.05) is 30.3 Å². The number of nitrogens with zero attached hydrogens (tertiary/aromatic N) is 1. The van der Waals surface area contributed by atoms with Gasteiger partial charge in [0.05, 0.1) is 22.0 Å². The van der Waals surface area contributed by atoms with Gasteiger partial charge in [0.25, 0.3) is 5.91 Å². The number of amides is 1. The molecule has 156 valence electrons. The van der Waals surface area contributed by atoms with Gasteiger partial charge in [0.1, 0.15) is 10.8 Å². The number of carbonyl (C=O) groups is 1. The molecule has 0 saturated heterocycles. The van der Waals surface area contributed by atoms with Crippen LogP contribution in [0.15, 0.2) is 72.8 Å². The molecule has 0 saturated carbocycles. The van der Waals surface area contributed by atoms with Crippen molar-refractivity contribution >= 4 is 50.5 Å². The molecule has 4 aromatic rings. The largest absolute Gasteiger partial charge is 0.491 e. The van der Waals surface area contributed by atoms with E-state index in [1.807, 2.05) is 62.4 Å². The third-order valence-corrected chi connectivity index (χ3v) is 5.67. The summed E-state index contributed by atoms with van der Waals surface area (Å²) in [7, 11) is 0. The summed E-state index contributed by atoms with van der Waals surface area (Å²) in [6, 6.07) is 22.8. The molecule has 0 radical (unpaired) electrons. The zero-order valence-corrected chi connectivity index (χ0v) is 18.7. The molecule has 31 heavy (non-hydrogen) atoms. The van der Waals surface area contributed by atoms with Gasteiger partial charge in [-0.15, -0.1) is 11.3 Å². The minimum atomic E-state index is -0.302. The Bertz CT molecular complexity index is 1220. The number of anilines is 1. The second-order valence-corrected chi connectivity index (χ2v) is 8.57. The maximum absolute atomic E-state index is 12.7. The Hall–Kier alpha value is -3.29. The van der Waals surface area contributed by atoms with Crippen LogP contribution in [-0.2, 0) is 0 Å². The highest BCUT2D eigenvalue weighted by atomic mass is 32.1. The number of nitrogens with one attached hydrogen (secondary N) is 2. The number of rotatable bonds is 5. The summed E-state index contributed by atoms with van der Waals surface area (Å²) in [5.41, 5.74) is 3.13. The first-order chi connectivity index (χ1) is 15.0. The SMILES string of the molecule is CC(C)Oc1cccc(C(=O)NC(=S)Nc2ccccc2-c2nc3ccccc3s2)c1. The Kier molecular flexibility index (Phi) is 6.25. The van der Waals surface area contributed by atoms with Gasteiger partial charge in [0.15, 0.2) is 5.11 Å². The molecule has 1 amide bonds. The summed E-state index contributed by atoms with van der Waals surface area (Å²) in [4.78, 5) is 17.4. The van der Waals surface area contributed by atoms with Crippen LogP contribution in [0.5, 0.6) is 5.75 Å². The van der Waals surface area contributed by atoms with Gasteiger partial charge in [0.2, 0.25) is 0 Å². The lowest BCUT2D eigenvalue weighted by molar-refractivity contribution is 0.0977. The number of thiazole rings is 1. The van der Waals surface area contributed by atoms with Crippen LogP contribution in [0.3, 0.4) is 0 Å². The monoisotopic (exact) mass is 447 g/mol. The smallest absolute Gasteiger partial charge is 0.257 e. The van der Waals surface area contributed by atoms with Crippen molar-refractivity contribution in [3.8, 4) is 16.3 Å². The summed E-state index contributed by atoms with van der Waals surface area (Å²) < 4.78 is 6.78. The van der Waals surface area contributed by atoms with Crippen molar-refractivity contribution in [2.24, 2.45) is 0 Å². The maximum Gasteiger partial charge on any atom is 0.257 e. The van der Waals surface area contributed by atoms with Gasteiger partial charge < -0.3 is 10.1 Å². The van der Waals surface area contributed by atoms with E-state index in [1.54, 1.807) is 29.5 Å². The molecule has 2 N–H and O–H groups in total. The number of ether oxygens (including phenoxy) is 1. The van der Waals surface area contributed by atoms with Crippen molar-refractivity contribution < 1.29 is 9.53 Å². The molecule has 0 atom stereocenters. The van der Waals surface area contributed by atoms with E-state index in [1.165, 1.54) is 0 Å². The van der Waals surface area contributed by atoms with Gasteiger partial charge in [-0.25, -0.2) is 4.98 Å². The molecular weight excluding hydrogens is 426 g/mol. The second kappa shape index (κ2) is 9.24. The lowest BCUT2D eigenvalue weighted by Gasteiger charge is -2.13. The summed E-state index contributed by atoms with van der Waals surface area (Å²) in [6.45, 7) is 3.88. The van der Waals surface area contributed by atoms with Crippen LogP contribution in [-0.4, -0.2) is 22.1 Å². The fourth-order valence-electron chi connectivity index (χ4n) is 3.08. The number of thiocarbonyl (C=S) groups is 1.